The third-order valence-electron chi connectivity index (χ3n) is 3.30. The largest absolute Gasteiger partial charge is 0.336 e. The van der Waals surface area contributed by atoms with Crippen LogP contribution in [-0.4, -0.2) is 24.8 Å². The normalized spacial score (nSPS) is 12.2. The number of benzene rings is 1. The Balaban J connectivity index is 2.09. The summed E-state index contributed by atoms with van der Waals surface area (Å²) in [5.41, 5.74) is 0.159. The number of halogens is 2. The third kappa shape index (κ3) is 3.03. The molecule has 9 heteroatoms. The van der Waals surface area contributed by atoms with Gasteiger partial charge in [0.15, 0.2) is 11.6 Å². The predicted octanol–water partition coefficient (Wildman–Crippen LogP) is 3.32. The first-order chi connectivity index (χ1) is 11.3. The Hall–Kier alpha value is -2.29. The maximum atomic E-state index is 13.1. The van der Waals surface area contributed by atoms with Crippen molar-refractivity contribution in [2.45, 2.75) is 42.8 Å². The van der Waals surface area contributed by atoms with Crippen LogP contribution in [0.15, 0.2) is 34.4 Å². The van der Waals surface area contributed by atoms with E-state index in [2.05, 4.69) is 20.2 Å². The number of aromatic nitrogens is 5. The number of nitrogens with two attached hydrogens (primary N) is 1. The summed E-state index contributed by atoms with van der Waals surface area (Å²) >= 11 is 1.09. The van der Waals surface area contributed by atoms with E-state index < -0.39 is 12.2 Å². The van der Waals surface area contributed by atoms with E-state index in [9.17, 15) is 8.78 Å². The molecular formula is C15H16F2N6S. The van der Waals surface area contributed by atoms with Gasteiger partial charge in [0.1, 0.15) is 5.03 Å². The lowest BCUT2D eigenvalue weighted by molar-refractivity contribution is 0.140. The van der Waals surface area contributed by atoms with Crippen molar-refractivity contribution in [3.8, 4) is 0 Å². The summed E-state index contributed by atoms with van der Waals surface area (Å²) in [6.45, 7) is 5.89. The van der Waals surface area contributed by atoms with Gasteiger partial charge in [0.05, 0.1) is 5.52 Å². The molecule has 6 nitrogen and oxygen atoms in total. The molecule has 0 amide bonds. The minimum absolute atomic E-state index is 0.289. The Morgan fingerprint density at radius 2 is 1.83 bits per heavy atom. The number of para-hydroxylation sites is 1. The second-order valence-corrected chi connectivity index (χ2v) is 7.19. The van der Waals surface area contributed by atoms with Crippen LogP contribution >= 0.6 is 11.8 Å². The minimum atomic E-state index is -2.75. The molecule has 0 aliphatic carbocycles. The third-order valence-corrected chi connectivity index (χ3v) is 4.27. The van der Waals surface area contributed by atoms with Crippen molar-refractivity contribution in [3.05, 3.63) is 35.9 Å². The lowest BCUT2D eigenvalue weighted by Gasteiger charge is -2.16. The van der Waals surface area contributed by atoms with Crippen LogP contribution < -0.4 is 5.84 Å². The Bertz CT molecular complexity index is 887. The first kappa shape index (κ1) is 16.6. The highest BCUT2D eigenvalue weighted by atomic mass is 32.2. The number of hydrogen-bond acceptors (Lipinski definition) is 6. The first-order valence-electron chi connectivity index (χ1n) is 7.21. The molecule has 0 saturated heterocycles. The number of hydrogen-bond donors (Lipinski definition) is 1. The lowest BCUT2D eigenvalue weighted by Crippen LogP contribution is -2.24. The van der Waals surface area contributed by atoms with Crippen LogP contribution in [0, 0.1) is 0 Å². The zero-order valence-corrected chi connectivity index (χ0v) is 14.2. The Kier molecular flexibility index (Phi) is 4.12. The molecule has 3 rings (SSSR count). The van der Waals surface area contributed by atoms with Gasteiger partial charge in [0, 0.05) is 10.8 Å². The summed E-state index contributed by atoms with van der Waals surface area (Å²) in [5.74, 6) is 6.14. The van der Waals surface area contributed by atoms with Crippen molar-refractivity contribution in [2.24, 2.45) is 0 Å². The minimum Gasteiger partial charge on any atom is -0.336 e. The van der Waals surface area contributed by atoms with Crippen LogP contribution in [0.5, 0.6) is 0 Å². The summed E-state index contributed by atoms with van der Waals surface area (Å²) in [4.78, 5) is 7.87. The fraction of sp³-hybridized carbons (Fsp3) is 0.333. The predicted molar refractivity (Wildman–Crippen MR) is 87.5 cm³/mol. The van der Waals surface area contributed by atoms with Gasteiger partial charge in [0.25, 0.3) is 6.43 Å². The van der Waals surface area contributed by atoms with E-state index in [1.807, 2.05) is 20.8 Å². The number of nitrogens with zero attached hydrogens (tertiary/aromatic N) is 5. The number of alkyl halides is 2. The summed E-state index contributed by atoms with van der Waals surface area (Å²) < 4.78 is 27.5. The molecule has 0 radical (unpaired) electrons. The molecule has 0 saturated carbocycles. The van der Waals surface area contributed by atoms with Crippen LogP contribution in [0.3, 0.4) is 0 Å². The number of nitrogen functional groups attached to an aromatic ring is 1. The molecule has 0 aliphatic heterocycles. The molecule has 2 aromatic heterocycles. The molecule has 3 aromatic rings. The van der Waals surface area contributed by atoms with Gasteiger partial charge in [-0.2, -0.15) is 0 Å². The number of rotatable bonds is 3. The number of fused-ring (bicyclic) bond motifs is 1. The maximum absolute atomic E-state index is 13.1. The highest BCUT2D eigenvalue weighted by Gasteiger charge is 2.24. The smallest absolute Gasteiger partial charge is 0.297 e. The molecule has 126 valence electrons. The van der Waals surface area contributed by atoms with Gasteiger partial charge in [-0.05, 0) is 17.8 Å². The van der Waals surface area contributed by atoms with Crippen molar-refractivity contribution in [1.29, 1.82) is 0 Å². The summed E-state index contributed by atoms with van der Waals surface area (Å²) in [6.07, 6.45) is -2.75. The Morgan fingerprint density at radius 3 is 2.46 bits per heavy atom. The van der Waals surface area contributed by atoms with Gasteiger partial charge >= 0.3 is 0 Å². The molecule has 2 heterocycles. The summed E-state index contributed by atoms with van der Waals surface area (Å²) in [7, 11) is 0. The zero-order chi connectivity index (χ0) is 17.5. The Labute approximate surface area is 141 Å². The fourth-order valence-electron chi connectivity index (χ4n) is 2.18. The standard InChI is InChI=1S/C15H16F2N6S/c1-15(2,3)13-21-22-14(23(13)18)24-12-8-6-4-5-7-9(8)19-11(20-12)10(16)17/h4-7,10H,18H2,1-3H3. The molecule has 0 aliphatic rings. The second-order valence-electron chi connectivity index (χ2n) is 6.23. The van der Waals surface area contributed by atoms with Gasteiger partial charge in [-0.3, -0.25) is 0 Å². The average molecular weight is 350 g/mol. The van der Waals surface area contributed by atoms with Crippen LogP contribution in [0.1, 0.15) is 38.8 Å². The van der Waals surface area contributed by atoms with E-state index in [1.165, 1.54) is 4.68 Å². The molecule has 0 fully saturated rings. The van der Waals surface area contributed by atoms with Gasteiger partial charge in [-0.1, -0.05) is 39.0 Å². The Morgan fingerprint density at radius 1 is 1.12 bits per heavy atom. The lowest BCUT2D eigenvalue weighted by atomic mass is 9.96. The van der Waals surface area contributed by atoms with Crippen molar-refractivity contribution in [3.63, 3.8) is 0 Å². The monoisotopic (exact) mass is 350 g/mol. The second kappa shape index (κ2) is 5.97. The van der Waals surface area contributed by atoms with Crippen molar-refractivity contribution < 1.29 is 8.78 Å². The van der Waals surface area contributed by atoms with E-state index in [1.54, 1.807) is 24.3 Å². The quantitative estimate of drug-likeness (QED) is 0.576. The van der Waals surface area contributed by atoms with Gasteiger partial charge < -0.3 is 5.84 Å². The van der Waals surface area contributed by atoms with E-state index in [4.69, 9.17) is 5.84 Å². The molecular weight excluding hydrogens is 334 g/mol. The van der Waals surface area contributed by atoms with Crippen molar-refractivity contribution in [1.82, 2.24) is 24.8 Å². The van der Waals surface area contributed by atoms with Crippen LogP contribution in [-0.2, 0) is 5.41 Å². The highest BCUT2D eigenvalue weighted by molar-refractivity contribution is 7.99. The fourth-order valence-corrected chi connectivity index (χ4v) is 3.05. The SMILES string of the molecule is CC(C)(C)c1nnc(Sc2nc(C(F)F)nc3ccccc23)n1N. The molecule has 0 unspecified atom stereocenters. The van der Waals surface area contributed by atoms with Gasteiger partial charge in [-0.15, -0.1) is 10.2 Å². The van der Waals surface area contributed by atoms with E-state index in [-0.39, 0.29) is 5.41 Å². The van der Waals surface area contributed by atoms with Crippen LogP contribution in [0.4, 0.5) is 8.78 Å². The zero-order valence-electron chi connectivity index (χ0n) is 13.4. The summed E-state index contributed by atoms with van der Waals surface area (Å²) in [6, 6.07) is 6.98. The van der Waals surface area contributed by atoms with E-state index in [0.717, 1.165) is 11.8 Å². The topological polar surface area (TPSA) is 82.5 Å². The molecule has 2 N–H and O–H groups in total. The molecule has 0 bridgehead atoms. The van der Waals surface area contributed by atoms with Crippen LogP contribution in [0.25, 0.3) is 10.9 Å². The van der Waals surface area contributed by atoms with Gasteiger partial charge in [-0.25, -0.2) is 23.4 Å². The molecule has 24 heavy (non-hydrogen) atoms. The van der Waals surface area contributed by atoms with Crippen molar-refractivity contribution >= 4 is 22.7 Å². The molecule has 0 atom stereocenters. The molecule has 1 aromatic carbocycles. The average Bonchev–Trinajstić information content (AvgIpc) is 2.88. The summed E-state index contributed by atoms with van der Waals surface area (Å²) in [5, 5.41) is 9.57. The van der Waals surface area contributed by atoms with E-state index >= 15 is 0 Å². The van der Waals surface area contributed by atoms with Gasteiger partial charge in [0.2, 0.25) is 5.16 Å². The maximum Gasteiger partial charge on any atom is 0.297 e. The highest BCUT2D eigenvalue weighted by Crippen LogP contribution is 2.33. The van der Waals surface area contributed by atoms with Crippen molar-refractivity contribution in [2.75, 3.05) is 5.84 Å². The first-order valence-corrected chi connectivity index (χ1v) is 8.02. The van der Waals surface area contributed by atoms with E-state index in [0.29, 0.717) is 26.9 Å². The van der Waals surface area contributed by atoms with Crippen LogP contribution in [0.2, 0.25) is 0 Å². The molecule has 0 spiro atoms.